The number of rotatable bonds is 13. The number of likely N-dealkylation sites (tertiary alicyclic amines) is 1. The molecule has 0 aromatic heterocycles. The number of nitrogens with zero attached hydrogens (tertiary/aromatic N) is 1. The second-order valence-electron chi connectivity index (χ2n) is 7.72. The molecule has 0 aromatic carbocycles. The van der Waals surface area contributed by atoms with E-state index in [9.17, 15) is 29.1 Å². The Bertz CT molecular complexity index is 672. The first-order chi connectivity index (χ1) is 14.6. The van der Waals surface area contributed by atoms with Crippen molar-refractivity contribution in [1.29, 1.82) is 0 Å². The molecule has 4 atom stereocenters. The lowest BCUT2D eigenvalue weighted by Gasteiger charge is -2.27. The van der Waals surface area contributed by atoms with Gasteiger partial charge in [0.25, 0.3) is 0 Å². The summed E-state index contributed by atoms with van der Waals surface area (Å²) in [4.78, 5) is 61.2. The molecule has 12 heteroatoms. The molecule has 31 heavy (non-hydrogen) atoms. The highest BCUT2D eigenvalue weighted by Gasteiger charge is 2.37. The summed E-state index contributed by atoms with van der Waals surface area (Å²) in [5.74, 6) is -3.35. The van der Waals surface area contributed by atoms with E-state index in [2.05, 4.69) is 10.6 Å². The van der Waals surface area contributed by atoms with Gasteiger partial charge in [-0.15, -0.1) is 0 Å². The van der Waals surface area contributed by atoms with E-state index in [4.69, 9.17) is 17.2 Å². The van der Waals surface area contributed by atoms with Crippen LogP contribution in [0.1, 0.15) is 51.9 Å². The standard InChI is InChI=1S/C19H34N6O6/c1-11(16(27)24-13(19(30)31)5-2-3-9-20)23-17(28)14-6-4-10-25(14)18(29)12(21)7-8-15(22)26/h11-14H,2-10,20-21H2,1H3,(H2,22,26)(H,23,28)(H,24,27)(H,30,31). The van der Waals surface area contributed by atoms with Crippen LogP contribution in [0.4, 0.5) is 0 Å². The third-order valence-corrected chi connectivity index (χ3v) is 5.17. The molecule has 1 aliphatic rings. The predicted octanol–water partition coefficient (Wildman–Crippen LogP) is -2.23. The molecule has 0 bridgehead atoms. The molecule has 0 radical (unpaired) electrons. The number of hydrogen-bond acceptors (Lipinski definition) is 7. The average Bonchev–Trinajstić information content (AvgIpc) is 3.20. The minimum atomic E-state index is -1.17. The summed E-state index contributed by atoms with van der Waals surface area (Å²) in [5.41, 5.74) is 16.3. The summed E-state index contributed by atoms with van der Waals surface area (Å²) in [6, 6.07) is -3.81. The first-order valence-electron chi connectivity index (χ1n) is 10.5. The van der Waals surface area contributed by atoms with Crippen molar-refractivity contribution >= 4 is 29.6 Å². The Hall–Kier alpha value is -2.73. The highest BCUT2D eigenvalue weighted by atomic mass is 16.4. The number of nitrogens with one attached hydrogen (secondary N) is 2. The summed E-state index contributed by atoms with van der Waals surface area (Å²) >= 11 is 0. The molecule has 1 heterocycles. The number of nitrogens with two attached hydrogens (primary N) is 3. The second-order valence-corrected chi connectivity index (χ2v) is 7.72. The van der Waals surface area contributed by atoms with Gasteiger partial charge in [-0.25, -0.2) is 4.79 Å². The molecule has 4 amide bonds. The number of aliphatic carboxylic acids is 1. The molecule has 176 valence electrons. The van der Waals surface area contributed by atoms with Crippen LogP contribution in [-0.2, 0) is 24.0 Å². The van der Waals surface area contributed by atoms with Crippen molar-refractivity contribution in [3.8, 4) is 0 Å². The lowest BCUT2D eigenvalue weighted by molar-refractivity contribution is -0.143. The summed E-state index contributed by atoms with van der Waals surface area (Å²) in [7, 11) is 0. The van der Waals surface area contributed by atoms with Gasteiger partial charge in [0.05, 0.1) is 6.04 Å². The third kappa shape index (κ3) is 8.50. The van der Waals surface area contributed by atoms with E-state index in [0.29, 0.717) is 38.8 Å². The van der Waals surface area contributed by atoms with Crippen molar-refractivity contribution in [1.82, 2.24) is 15.5 Å². The molecule has 9 N–H and O–H groups in total. The van der Waals surface area contributed by atoms with Gasteiger partial charge >= 0.3 is 5.97 Å². The monoisotopic (exact) mass is 442 g/mol. The van der Waals surface area contributed by atoms with Gasteiger partial charge in [-0.2, -0.15) is 0 Å². The molecule has 1 saturated heterocycles. The number of carbonyl (C=O) groups is 5. The molecular weight excluding hydrogens is 408 g/mol. The van der Waals surface area contributed by atoms with Crippen LogP contribution < -0.4 is 27.8 Å². The minimum absolute atomic E-state index is 0.0369. The number of hydrogen-bond donors (Lipinski definition) is 6. The van der Waals surface area contributed by atoms with Gasteiger partial charge in [0, 0.05) is 13.0 Å². The van der Waals surface area contributed by atoms with Gasteiger partial charge in [-0.3, -0.25) is 19.2 Å². The maximum Gasteiger partial charge on any atom is 0.326 e. The Balaban J connectivity index is 2.64. The number of amides is 4. The predicted molar refractivity (Wildman–Crippen MR) is 111 cm³/mol. The largest absolute Gasteiger partial charge is 0.480 e. The zero-order valence-electron chi connectivity index (χ0n) is 17.8. The average molecular weight is 443 g/mol. The topological polar surface area (TPSA) is 211 Å². The number of carboxylic acid groups (broad SMARTS) is 1. The van der Waals surface area contributed by atoms with Crippen LogP contribution >= 0.6 is 0 Å². The minimum Gasteiger partial charge on any atom is -0.480 e. The Morgan fingerprint density at radius 1 is 1.13 bits per heavy atom. The van der Waals surface area contributed by atoms with Crippen molar-refractivity contribution in [2.75, 3.05) is 13.1 Å². The molecule has 0 spiro atoms. The smallest absolute Gasteiger partial charge is 0.326 e. The van der Waals surface area contributed by atoms with E-state index in [-0.39, 0.29) is 19.3 Å². The molecule has 0 aliphatic carbocycles. The van der Waals surface area contributed by atoms with Gasteiger partial charge in [0.2, 0.25) is 23.6 Å². The quantitative estimate of drug-likeness (QED) is 0.171. The van der Waals surface area contributed by atoms with Crippen LogP contribution in [-0.4, -0.2) is 76.9 Å². The van der Waals surface area contributed by atoms with Gasteiger partial charge in [-0.05, 0) is 52.0 Å². The number of carboxylic acids is 1. The van der Waals surface area contributed by atoms with Gasteiger partial charge in [0.15, 0.2) is 0 Å². The van der Waals surface area contributed by atoms with Crippen LogP contribution in [0.25, 0.3) is 0 Å². The summed E-state index contributed by atoms with van der Waals surface area (Å²) in [6.07, 6.45) is 2.46. The van der Waals surface area contributed by atoms with Gasteiger partial charge in [0.1, 0.15) is 18.1 Å². The normalized spacial score (nSPS) is 18.7. The zero-order valence-corrected chi connectivity index (χ0v) is 17.8. The van der Waals surface area contributed by atoms with E-state index in [1.54, 1.807) is 0 Å². The van der Waals surface area contributed by atoms with Crippen LogP contribution in [0.5, 0.6) is 0 Å². The number of unbranched alkanes of at least 4 members (excludes halogenated alkanes) is 1. The van der Waals surface area contributed by atoms with E-state index >= 15 is 0 Å². The zero-order chi connectivity index (χ0) is 23.6. The van der Waals surface area contributed by atoms with Crippen LogP contribution in [0, 0.1) is 0 Å². The summed E-state index contributed by atoms with van der Waals surface area (Å²) in [5, 5.41) is 14.2. The van der Waals surface area contributed by atoms with Gasteiger partial charge in [-0.1, -0.05) is 0 Å². The van der Waals surface area contributed by atoms with Crippen LogP contribution in [0.15, 0.2) is 0 Å². The van der Waals surface area contributed by atoms with Crippen molar-refractivity contribution in [3.05, 3.63) is 0 Å². The Labute approximate surface area is 181 Å². The molecule has 1 aliphatic heterocycles. The van der Waals surface area contributed by atoms with E-state index in [1.165, 1.54) is 11.8 Å². The van der Waals surface area contributed by atoms with Crippen LogP contribution in [0.3, 0.4) is 0 Å². The lowest BCUT2D eigenvalue weighted by Crippen LogP contribution is -2.55. The SMILES string of the molecule is CC(NC(=O)C1CCCN1C(=O)C(N)CCC(N)=O)C(=O)NC(CCCCN)C(=O)O. The third-order valence-electron chi connectivity index (χ3n) is 5.17. The summed E-state index contributed by atoms with van der Waals surface area (Å²) < 4.78 is 0. The second kappa shape index (κ2) is 12.8. The maximum atomic E-state index is 12.7. The molecular formula is C19H34N6O6. The summed E-state index contributed by atoms with van der Waals surface area (Å²) in [6.45, 7) is 2.20. The highest BCUT2D eigenvalue weighted by molar-refractivity contribution is 5.94. The van der Waals surface area contributed by atoms with Crippen LogP contribution in [0.2, 0.25) is 0 Å². The van der Waals surface area contributed by atoms with E-state index < -0.39 is 53.8 Å². The molecule has 0 saturated carbocycles. The molecule has 1 rings (SSSR count). The lowest BCUT2D eigenvalue weighted by atomic mass is 10.1. The Morgan fingerprint density at radius 2 is 1.81 bits per heavy atom. The molecule has 12 nitrogen and oxygen atoms in total. The van der Waals surface area contributed by atoms with Gasteiger partial charge < -0.3 is 37.8 Å². The maximum absolute atomic E-state index is 12.7. The fraction of sp³-hybridized carbons (Fsp3) is 0.737. The Morgan fingerprint density at radius 3 is 2.39 bits per heavy atom. The molecule has 0 aromatic rings. The highest BCUT2D eigenvalue weighted by Crippen LogP contribution is 2.19. The van der Waals surface area contributed by atoms with E-state index in [0.717, 1.165) is 0 Å². The Kier molecular flexibility index (Phi) is 10.9. The first-order valence-corrected chi connectivity index (χ1v) is 10.5. The fourth-order valence-electron chi connectivity index (χ4n) is 3.36. The van der Waals surface area contributed by atoms with Crippen molar-refractivity contribution in [2.45, 2.75) is 76.0 Å². The molecule has 4 unspecified atom stereocenters. The van der Waals surface area contributed by atoms with E-state index in [1.807, 2.05) is 0 Å². The first kappa shape index (κ1) is 26.3. The van der Waals surface area contributed by atoms with Crippen molar-refractivity contribution < 1.29 is 29.1 Å². The van der Waals surface area contributed by atoms with Crippen molar-refractivity contribution in [2.24, 2.45) is 17.2 Å². The van der Waals surface area contributed by atoms with Crippen molar-refractivity contribution in [3.63, 3.8) is 0 Å². The number of carbonyl (C=O) groups excluding carboxylic acids is 4. The number of primary amides is 1. The molecule has 1 fully saturated rings. The fourth-order valence-corrected chi connectivity index (χ4v) is 3.36.